The van der Waals surface area contributed by atoms with E-state index < -0.39 is 6.04 Å². The standard InChI is InChI=1S/C14H12FN3O2/c15-11-6-5-10(8-3-1-2-4-9(8)11)13-17-14(20-18-13)12(16)7-19/h1-6,12,19H,7,16H2. The van der Waals surface area contributed by atoms with E-state index in [1.54, 1.807) is 24.3 Å². The molecule has 2 aromatic carbocycles. The average Bonchev–Trinajstić information content (AvgIpc) is 2.97. The number of rotatable bonds is 3. The molecule has 0 bridgehead atoms. The molecule has 102 valence electrons. The maximum Gasteiger partial charge on any atom is 0.246 e. The molecule has 3 rings (SSSR count). The molecule has 1 heterocycles. The molecular weight excluding hydrogens is 261 g/mol. The highest BCUT2D eigenvalue weighted by atomic mass is 19.1. The van der Waals surface area contributed by atoms with E-state index in [1.807, 2.05) is 6.07 Å². The van der Waals surface area contributed by atoms with Crippen molar-refractivity contribution >= 4 is 10.8 Å². The van der Waals surface area contributed by atoms with Gasteiger partial charge >= 0.3 is 0 Å². The second-order valence-corrected chi connectivity index (χ2v) is 4.39. The van der Waals surface area contributed by atoms with E-state index >= 15 is 0 Å². The molecule has 1 unspecified atom stereocenters. The molecule has 1 atom stereocenters. The van der Waals surface area contributed by atoms with Gasteiger partial charge in [-0.15, -0.1) is 0 Å². The van der Waals surface area contributed by atoms with E-state index in [-0.39, 0.29) is 18.3 Å². The van der Waals surface area contributed by atoms with Gasteiger partial charge in [0, 0.05) is 10.9 Å². The predicted molar refractivity (Wildman–Crippen MR) is 71.2 cm³/mol. The fourth-order valence-corrected chi connectivity index (χ4v) is 2.03. The molecule has 0 saturated carbocycles. The summed E-state index contributed by atoms with van der Waals surface area (Å²) in [5.74, 6) is 0.163. The number of nitrogens with zero attached hydrogens (tertiary/aromatic N) is 2. The molecule has 0 spiro atoms. The predicted octanol–water partition coefficient (Wildman–Crippen LogP) is 2.02. The van der Waals surface area contributed by atoms with Crippen LogP contribution in [-0.2, 0) is 0 Å². The smallest absolute Gasteiger partial charge is 0.246 e. The van der Waals surface area contributed by atoms with Crippen molar-refractivity contribution < 1.29 is 14.0 Å². The van der Waals surface area contributed by atoms with Gasteiger partial charge in [0.05, 0.1) is 6.61 Å². The lowest BCUT2D eigenvalue weighted by Gasteiger charge is -2.03. The molecular formula is C14H12FN3O2. The highest BCUT2D eigenvalue weighted by Crippen LogP contribution is 2.28. The van der Waals surface area contributed by atoms with Crippen molar-refractivity contribution in [3.63, 3.8) is 0 Å². The van der Waals surface area contributed by atoms with Gasteiger partial charge in [0.2, 0.25) is 11.7 Å². The van der Waals surface area contributed by atoms with Gasteiger partial charge in [0.25, 0.3) is 0 Å². The van der Waals surface area contributed by atoms with Gasteiger partial charge in [-0.1, -0.05) is 29.4 Å². The molecule has 0 radical (unpaired) electrons. The van der Waals surface area contributed by atoms with E-state index in [1.165, 1.54) is 6.07 Å². The number of aliphatic hydroxyl groups is 1. The van der Waals surface area contributed by atoms with Crippen LogP contribution in [0.5, 0.6) is 0 Å². The van der Waals surface area contributed by atoms with Crippen molar-refractivity contribution in [3.05, 3.63) is 48.1 Å². The maximum absolute atomic E-state index is 13.8. The third-order valence-electron chi connectivity index (χ3n) is 3.07. The van der Waals surface area contributed by atoms with E-state index in [9.17, 15) is 4.39 Å². The minimum atomic E-state index is -0.719. The van der Waals surface area contributed by atoms with Crippen LogP contribution in [-0.4, -0.2) is 21.9 Å². The molecule has 6 heteroatoms. The van der Waals surface area contributed by atoms with Gasteiger partial charge in [0.15, 0.2) is 0 Å². The number of halogens is 1. The van der Waals surface area contributed by atoms with E-state index in [0.717, 1.165) is 0 Å². The van der Waals surface area contributed by atoms with Crippen molar-refractivity contribution in [1.29, 1.82) is 0 Å². The van der Waals surface area contributed by atoms with Crippen LogP contribution in [0.15, 0.2) is 40.9 Å². The normalized spacial score (nSPS) is 12.8. The van der Waals surface area contributed by atoms with Gasteiger partial charge in [-0.05, 0) is 17.5 Å². The highest BCUT2D eigenvalue weighted by molar-refractivity contribution is 5.95. The Labute approximate surface area is 113 Å². The topological polar surface area (TPSA) is 85.2 Å². The zero-order valence-corrected chi connectivity index (χ0v) is 10.5. The lowest BCUT2D eigenvalue weighted by molar-refractivity contribution is 0.237. The molecule has 3 N–H and O–H groups in total. The first-order valence-electron chi connectivity index (χ1n) is 6.08. The van der Waals surface area contributed by atoms with Crippen LogP contribution in [0.3, 0.4) is 0 Å². The monoisotopic (exact) mass is 273 g/mol. The molecule has 20 heavy (non-hydrogen) atoms. The number of nitrogens with two attached hydrogens (primary N) is 1. The van der Waals surface area contributed by atoms with Gasteiger partial charge in [-0.3, -0.25) is 0 Å². The Morgan fingerprint density at radius 1 is 1.20 bits per heavy atom. The summed E-state index contributed by atoms with van der Waals surface area (Å²) in [6.07, 6.45) is 0. The van der Waals surface area contributed by atoms with Crippen LogP contribution in [0.4, 0.5) is 4.39 Å². The fourth-order valence-electron chi connectivity index (χ4n) is 2.03. The average molecular weight is 273 g/mol. The number of aromatic nitrogens is 2. The Hall–Kier alpha value is -2.31. The zero-order chi connectivity index (χ0) is 14.1. The van der Waals surface area contributed by atoms with E-state index in [0.29, 0.717) is 22.2 Å². The van der Waals surface area contributed by atoms with Crippen molar-refractivity contribution in [2.45, 2.75) is 6.04 Å². The molecule has 3 aromatic rings. The third-order valence-corrected chi connectivity index (χ3v) is 3.07. The van der Waals surface area contributed by atoms with Crippen molar-refractivity contribution in [3.8, 4) is 11.4 Å². The Balaban J connectivity index is 2.15. The van der Waals surface area contributed by atoms with Crippen LogP contribution in [0.25, 0.3) is 22.2 Å². The van der Waals surface area contributed by atoms with Crippen molar-refractivity contribution in [2.75, 3.05) is 6.61 Å². The molecule has 0 fully saturated rings. The number of hydrogen-bond donors (Lipinski definition) is 2. The highest BCUT2D eigenvalue weighted by Gasteiger charge is 2.16. The van der Waals surface area contributed by atoms with Gasteiger partial charge in [-0.2, -0.15) is 4.98 Å². The largest absolute Gasteiger partial charge is 0.394 e. The van der Waals surface area contributed by atoms with Gasteiger partial charge in [0.1, 0.15) is 11.9 Å². The minimum absolute atomic E-state index is 0.149. The number of aliphatic hydroxyl groups excluding tert-OH is 1. The number of benzene rings is 2. The van der Waals surface area contributed by atoms with Crippen LogP contribution in [0, 0.1) is 5.82 Å². The summed E-state index contributed by atoms with van der Waals surface area (Å²) >= 11 is 0. The van der Waals surface area contributed by atoms with Crippen LogP contribution < -0.4 is 5.73 Å². The first kappa shape index (κ1) is 12.7. The number of hydrogen-bond acceptors (Lipinski definition) is 5. The summed E-state index contributed by atoms with van der Waals surface area (Å²) in [6.45, 7) is -0.286. The SMILES string of the molecule is NC(CO)c1nc(-c2ccc(F)c3ccccc23)no1. The van der Waals surface area contributed by atoms with E-state index in [2.05, 4.69) is 10.1 Å². The van der Waals surface area contributed by atoms with Crippen molar-refractivity contribution in [2.24, 2.45) is 5.73 Å². The van der Waals surface area contributed by atoms with Crippen LogP contribution in [0.2, 0.25) is 0 Å². The van der Waals surface area contributed by atoms with Crippen LogP contribution >= 0.6 is 0 Å². The molecule has 0 amide bonds. The minimum Gasteiger partial charge on any atom is -0.394 e. The Morgan fingerprint density at radius 2 is 1.95 bits per heavy atom. The zero-order valence-electron chi connectivity index (χ0n) is 10.5. The van der Waals surface area contributed by atoms with Crippen LogP contribution in [0.1, 0.15) is 11.9 Å². The second-order valence-electron chi connectivity index (χ2n) is 4.39. The van der Waals surface area contributed by atoms with Crippen molar-refractivity contribution in [1.82, 2.24) is 10.1 Å². The lowest BCUT2D eigenvalue weighted by Crippen LogP contribution is -2.14. The molecule has 5 nitrogen and oxygen atoms in total. The summed E-state index contributed by atoms with van der Waals surface area (Å²) in [6, 6.07) is 9.29. The van der Waals surface area contributed by atoms with E-state index in [4.69, 9.17) is 15.4 Å². The summed E-state index contributed by atoms with van der Waals surface area (Å²) in [4.78, 5) is 4.15. The van der Waals surface area contributed by atoms with Gasteiger partial charge in [-0.25, -0.2) is 4.39 Å². The molecule has 0 saturated heterocycles. The third kappa shape index (κ3) is 2.04. The maximum atomic E-state index is 13.8. The Morgan fingerprint density at radius 3 is 2.70 bits per heavy atom. The molecule has 0 aliphatic rings. The summed E-state index contributed by atoms with van der Waals surface area (Å²) < 4.78 is 18.8. The fraction of sp³-hybridized carbons (Fsp3) is 0.143. The first-order valence-corrected chi connectivity index (χ1v) is 6.08. The molecule has 0 aliphatic heterocycles. The second kappa shape index (κ2) is 4.99. The first-order chi connectivity index (χ1) is 9.70. The quantitative estimate of drug-likeness (QED) is 0.762. The Kier molecular flexibility index (Phi) is 3.17. The summed E-state index contributed by atoms with van der Waals surface area (Å²) in [5.41, 5.74) is 6.27. The lowest BCUT2D eigenvalue weighted by atomic mass is 10.0. The molecule has 0 aliphatic carbocycles. The Bertz CT molecular complexity index is 757. The number of fused-ring (bicyclic) bond motifs is 1. The molecule has 1 aromatic heterocycles. The van der Waals surface area contributed by atoms with Gasteiger partial charge < -0.3 is 15.4 Å². The summed E-state index contributed by atoms with van der Waals surface area (Å²) in [7, 11) is 0. The summed E-state index contributed by atoms with van der Waals surface area (Å²) in [5, 5.41) is 14.0.